The molecule has 36 heavy (non-hydrogen) atoms. The van der Waals surface area contributed by atoms with Crippen LogP contribution in [0.1, 0.15) is 96.8 Å². The molecule has 1 rings (SSSR count). The van der Waals surface area contributed by atoms with Gasteiger partial charge in [-0.25, -0.2) is 0 Å². The van der Waals surface area contributed by atoms with Crippen LogP contribution < -0.4 is 0 Å². The first-order chi connectivity index (χ1) is 17.3. The Labute approximate surface area is 221 Å². The molecule has 0 unspecified atom stereocenters. The summed E-state index contributed by atoms with van der Waals surface area (Å²) in [4.78, 5) is 15.0. The summed E-state index contributed by atoms with van der Waals surface area (Å²) in [5, 5.41) is 8.73. The molecule has 8 nitrogen and oxygen atoms in total. The van der Waals surface area contributed by atoms with Gasteiger partial charge in [0, 0.05) is 45.7 Å². The number of hydrogen-bond acceptors (Lipinski definition) is 7. The van der Waals surface area contributed by atoms with Gasteiger partial charge in [0.05, 0.1) is 19.5 Å². The number of β-amino-alcohol motifs (C(OH)–C–C–N with tert-alkyl or cyclic N) is 1. The number of methoxy groups -OCH3 is 1. The number of piperazine rings is 1. The fourth-order valence-corrected chi connectivity index (χ4v) is 4.55. The van der Waals surface area contributed by atoms with E-state index in [1.165, 1.54) is 77.7 Å². The van der Waals surface area contributed by atoms with Gasteiger partial charge in [0.1, 0.15) is 0 Å². The van der Waals surface area contributed by atoms with Crippen molar-refractivity contribution in [2.24, 2.45) is 0 Å². The molecule has 0 aromatic heterocycles. The summed E-state index contributed by atoms with van der Waals surface area (Å²) in [6, 6.07) is 0. The van der Waals surface area contributed by atoms with Crippen molar-refractivity contribution in [1.82, 2.24) is 9.80 Å². The second-order valence-electron chi connectivity index (χ2n) is 9.60. The van der Waals surface area contributed by atoms with Crippen LogP contribution in [0.5, 0.6) is 0 Å². The number of aliphatic hydroxyl groups is 1. The second kappa shape index (κ2) is 24.3. The molecule has 214 valence electrons. The summed E-state index contributed by atoms with van der Waals surface area (Å²) in [6.45, 7) is 6.73. The van der Waals surface area contributed by atoms with Gasteiger partial charge in [0.25, 0.3) is 10.1 Å². The highest BCUT2D eigenvalue weighted by Crippen LogP contribution is 2.10. The van der Waals surface area contributed by atoms with Gasteiger partial charge in [-0.2, -0.15) is 8.42 Å². The average molecular weight is 535 g/mol. The lowest BCUT2D eigenvalue weighted by atomic mass is 10.1. The zero-order valence-electron chi connectivity index (χ0n) is 23.0. The Morgan fingerprint density at radius 2 is 1.28 bits per heavy atom. The number of esters is 1. The summed E-state index contributed by atoms with van der Waals surface area (Å²) < 4.78 is 34.3. The first-order valence-corrected chi connectivity index (χ1v) is 15.7. The lowest BCUT2D eigenvalue weighted by molar-refractivity contribution is -0.140. The van der Waals surface area contributed by atoms with Crippen LogP contribution in [0, 0.1) is 0 Å². The molecule has 1 heterocycles. The van der Waals surface area contributed by atoms with Gasteiger partial charge in [-0.1, -0.05) is 70.4 Å². The van der Waals surface area contributed by atoms with E-state index in [1.807, 2.05) is 4.90 Å². The van der Waals surface area contributed by atoms with Crippen LogP contribution in [0.15, 0.2) is 12.2 Å². The molecule has 1 saturated heterocycles. The highest BCUT2D eigenvalue weighted by molar-refractivity contribution is 7.85. The molecule has 0 spiro atoms. The smallest absolute Gasteiger partial charge is 0.305 e. The monoisotopic (exact) mass is 534 g/mol. The number of aliphatic hydroxyl groups excluding tert-OH is 1. The van der Waals surface area contributed by atoms with Gasteiger partial charge in [-0.05, 0) is 32.1 Å². The molecule has 9 heteroatoms. The van der Waals surface area contributed by atoms with E-state index >= 15 is 0 Å². The van der Waals surface area contributed by atoms with Crippen LogP contribution >= 0.6 is 0 Å². The third kappa shape index (κ3) is 24.7. The van der Waals surface area contributed by atoms with Crippen molar-refractivity contribution in [3.63, 3.8) is 0 Å². The van der Waals surface area contributed by atoms with Gasteiger partial charge in [-0.15, -0.1) is 0 Å². The zero-order chi connectivity index (χ0) is 26.9. The lowest BCUT2D eigenvalue weighted by Gasteiger charge is -2.33. The van der Waals surface area contributed by atoms with Crippen molar-refractivity contribution >= 4 is 16.1 Å². The van der Waals surface area contributed by atoms with E-state index in [1.54, 1.807) is 0 Å². The number of allylic oxidation sites excluding steroid dienone is 2. The summed E-state index contributed by atoms with van der Waals surface area (Å²) in [5.74, 6) is -0.278. The van der Waals surface area contributed by atoms with Gasteiger partial charge < -0.3 is 9.84 Å². The Balaban J connectivity index is 0.000000717. The highest BCUT2D eigenvalue weighted by atomic mass is 32.2. The molecule has 1 aliphatic rings. The summed E-state index contributed by atoms with van der Waals surface area (Å²) in [6.07, 6.45) is 22.0. The van der Waals surface area contributed by atoms with Crippen LogP contribution in [-0.4, -0.2) is 92.6 Å². The Morgan fingerprint density at radius 3 is 1.75 bits per heavy atom. The molecule has 0 aromatic carbocycles. The van der Waals surface area contributed by atoms with E-state index in [-0.39, 0.29) is 18.3 Å². The van der Waals surface area contributed by atoms with Gasteiger partial charge in [-0.3, -0.25) is 19.1 Å². The van der Waals surface area contributed by atoms with Crippen molar-refractivity contribution in [3.8, 4) is 0 Å². The van der Waals surface area contributed by atoms with Crippen molar-refractivity contribution in [2.75, 3.05) is 58.7 Å². The quantitative estimate of drug-likeness (QED) is 0.100. The van der Waals surface area contributed by atoms with Crippen LogP contribution in [0.4, 0.5) is 0 Å². The molecule has 0 radical (unpaired) electrons. The molecule has 1 fully saturated rings. The largest absolute Gasteiger partial charge is 0.469 e. The van der Waals surface area contributed by atoms with E-state index in [9.17, 15) is 13.2 Å². The maximum Gasteiger partial charge on any atom is 0.305 e. The van der Waals surface area contributed by atoms with Crippen LogP contribution in [0.3, 0.4) is 0 Å². The van der Waals surface area contributed by atoms with Crippen LogP contribution in [-0.2, 0) is 19.6 Å². The molecular formula is C27H54N2O6S. The molecule has 0 atom stereocenters. The predicted octanol–water partition coefficient (Wildman–Crippen LogP) is 4.68. The molecule has 0 amide bonds. The van der Waals surface area contributed by atoms with Crippen molar-refractivity contribution in [1.29, 1.82) is 0 Å². The molecule has 0 aliphatic carbocycles. The van der Waals surface area contributed by atoms with E-state index in [0.29, 0.717) is 19.5 Å². The Morgan fingerprint density at radius 1 is 0.806 bits per heavy atom. The lowest BCUT2D eigenvalue weighted by Crippen LogP contribution is -2.48. The average Bonchev–Trinajstić information content (AvgIpc) is 2.86. The number of carbonyl (C=O) groups is 1. The standard InChI is InChI=1S/C19H36O2.C8H18N2O4S/c1-3-4-5-6-7-8-9-10-11-12-13-14-15-16-17-18-19(20)21-2;11-7-5-9-1-3-10(4-2-9)6-8-15(12,13)14/h10-11H,3-9,12-18H2,1-2H3;11H,1-8H2,(H,12,13,14)/b11-10-;. The summed E-state index contributed by atoms with van der Waals surface area (Å²) in [5.41, 5.74) is 0. The summed E-state index contributed by atoms with van der Waals surface area (Å²) in [7, 11) is -2.38. The van der Waals surface area contributed by atoms with Crippen molar-refractivity contribution < 1.29 is 27.6 Å². The maximum absolute atomic E-state index is 10.9. The normalized spacial score (nSPS) is 15.1. The first-order valence-electron chi connectivity index (χ1n) is 14.0. The minimum atomic E-state index is -3.84. The van der Waals surface area contributed by atoms with Gasteiger partial charge >= 0.3 is 5.97 Å². The Kier molecular flexibility index (Phi) is 23.7. The zero-order valence-corrected chi connectivity index (χ0v) is 23.9. The van der Waals surface area contributed by atoms with E-state index < -0.39 is 10.1 Å². The van der Waals surface area contributed by atoms with Crippen LogP contribution in [0.2, 0.25) is 0 Å². The van der Waals surface area contributed by atoms with E-state index in [0.717, 1.165) is 39.0 Å². The minimum Gasteiger partial charge on any atom is -0.469 e. The highest BCUT2D eigenvalue weighted by Gasteiger charge is 2.17. The fraction of sp³-hybridized carbons (Fsp3) is 0.889. The molecule has 1 aliphatic heterocycles. The molecule has 0 bridgehead atoms. The summed E-state index contributed by atoms with van der Waals surface area (Å²) >= 11 is 0. The van der Waals surface area contributed by atoms with E-state index in [2.05, 4.69) is 28.7 Å². The molecule has 0 aromatic rings. The minimum absolute atomic E-state index is 0.0763. The number of rotatable bonds is 20. The first kappa shape index (κ1) is 35.0. The van der Waals surface area contributed by atoms with E-state index in [4.69, 9.17) is 9.66 Å². The second-order valence-corrected chi connectivity index (χ2v) is 11.2. The van der Waals surface area contributed by atoms with Gasteiger partial charge in [0.15, 0.2) is 0 Å². The SMILES string of the molecule is CCCCCCCC/C=C\CCCCCCCC(=O)OC.O=S(=O)(O)CCN1CCN(CCO)CC1. The number of ether oxygens (including phenoxy) is 1. The maximum atomic E-state index is 10.9. The molecule has 2 N–H and O–H groups in total. The number of nitrogens with zero attached hydrogens (tertiary/aromatic N) is 2. The number of hydrogen-bond donors (Lipinski definition) is 2. The topological polar surface area (TPSA) is 107 Å². The predicted molar refractivity (Wildman–Crippen MR) is 148 cm³/mol. The third-order valence-corrected chi connectivity index (χ3v) is 7.12. The van der Waals surface area contributed by atoms with Crippen LogP contribution in [0.25, 0.3) is 0 Å². The fourth-order valence-electron chi connectivity index (χ4n) is 4.06. The van der Waals surface area contributed by atoms with Gasteiger partial charge in [0.2, 0.25) is 0 Å². The Hall–Kier alpha value is -1.00. The van der Waals surface area contributed by atoms with Crippen molar-refractivity contribution in [2.45, 2.75) is 96.8 Å². The Bertz CT molecular complexity index is 634. The number of unbranched alkanes of at least 4 members (excludes halogenated alkanes) is 11. The third-order valence-electron chi connectivity index (χ3n) is 6.42. The van der Waals surface area contributed by atoms with Crippen molar-refractivity contribution in [3.05, 3.63) is 12.2 Å². The molecular weight excluding hydrogens is 480 g/mol. The molecule has 0 saturated carbocycles. The number of carbonyl (C=O) groups excluding carboxylic acids is 1.